The zero-order valence-electron chi connectivity index (χ0n) is 11.4. The maximum atomic E-state index is 11.7. The van der Waals surface area contributed by atoms with Gasteiger partial charge in [0.1, 0.15) is 10.7 Å². The average molecular weight is 326 g/mol. The summed E-state index contributed by atoms with van der Waals surface area (Å²) in [6.07, 6.45) is 1.02. The number of rotatable bonds is 7. The number of amides is 1. The van der Waals surface area contributed by atoms with Gasteiger partial charge in [-0.05, 0) is 19.9 Å². The second-order valence-electron chi connectivity index (χ2n) is 4.08. The number of aryl methyl sites for hydroxylation is 1. The van der Waals surface area contributed by atoms with Gasteiger partial charge in [0.25, 0.3) is 5.91 Å². The Morgan fingerprint density at radius 3 is 2.50 bits per heavy atom. The minimum absolute atomic E-state index is 0. The normalized spacial score (nSPS) is 10.9. The fraction of sp³-hybridized carbons (Fsp3) is 0.545. The van der Waals surface area contributed by atoms with Crippen molar-refractivity contribution >= 4 is 28.3 Å². The van der Waals surface area contributed by atoms with E-state index in [1.165, 1.54) is 6.92 Å². The van der Waals surface area contributed by atoms with Gasteiger partial charge in [0.05, 0.1) is 0 Å². The van der Waals surface area contributed by atoms with E-state index in [2.05, 4.69) is 10.6 Å². The maximum Gasteiger partial charge on any atom is 0.287 e. The molecule has 1 aromatic heterocycles. The van der Waals surface area contributed by atoms with Crippen LogP contribution in [0.5, 0.6) is 0 Å². The van der Waals surface area contributed by atoms with E-state index in [0.29, 0.717) is 13.1 Å². The van der Waals surface area contributed by atoms with Crippen LogP contribution in [0.3, 0.4) is 0 Å². The first-order chi connectivity index (χ1) is 8.86. The molecule has 0 aliphatic carbocycles. The third-order valence-electron chi connectivity index (χ3n) is 2.42. The van der Waals surface area contributed by atoms with Crippen LogP contribution in [0.1, 0.15) is 29.7 Å². The Kier molecular flexibility index (Phi) is 7.80. The number of primary sulfonamides is 1. The summed E-state index contributed by atoms with van der Waals surface area (Å²) in [5.74, 6) is -0.412. The fourth-order valence-electron chi connectivity index (χ4n) is 1.51. The molecule has 1 amide bonds. The van der Waals surface area contributed by atoms with Crippen LogP contribution >= 0.6 is 12.4 Å². The molecule has 1 rings (SSSR count). The van der Waals surface area contributed by atoms with E-state index in [-0.39, 0.29) is 28.8 Å². The molecule has 4 N–H and O–H groups in total. The lowest BCUT2D eigenvalue weighted by molar-refractivity contribution is 0.0925. The standard InChI is InChI=1S/C11H19N3O4S.ClH/c1-3-4-13-5-6-14-11(15)9-7-10(8(2)18-9)19(12,16)17;/h7,13H,3-6H2,1-2H3,(H,14,15)(H2,12,16,17);1H. The largest absolute Gasteiger partial charge is 0.455 e. The summed E-state index contributed by atoms with van der Waals surface area (Å²) in [4.78, 5) is 11.5. The van der Waals surface area contributed by atoms with Crippen LogP contribution in [-0.4, -0.2) is 34.0 Å². The highest BCUT2D eigenvalue weighted by Gasteiger charge is 2.20. The predicted molar refractivity (Wildman–Crippen MR) is 77.6 cm³/mol. The molecule has 0 spiro atoms. The van der Waals surface area contributed by atoms with E-state index >= 15 is 0 Å². The molecule has 9 heteroatoms. The van der Waals surface area contributed by atoms with Gasteiger partial charge in [0.2, 0.25) is 10.0 Å². The molecule has 1 aromatic rings. The van der Waals surface area contributed by atoms with Crippen molar-refractivity contribution in [1.29, 1.82) is 0 Å². The average Bonchev–Trinajstić information content (AvgIpc) is 2.70. The molecular weight excluding hydrogens is 306 g/mol. The smallest absolute Gasteiger partial charge is 0.287 e. The van der Waals surface area contributed by atoms with Gasteiger partial charge in [-0.3, -0.25) is 4.79 Å². The summed E-state index contributed by atoms with van der Waals surface area (Å²) >= 11 is 0. The third kappa shape index (κ3) is 5.49. The molecule has 0 saturated heterocycles. The molecule has 20 heavy (non-hydrogen) atoms. The molecule has 1 heterocycles. The summed E-state index contributed by atoms with van der Waals surface area (Å²) in [6, 6.07) is 1.14. The van der Waals surface area contributed by atoms with Crippen molar-refractivity contribution in [3.63, 3.8) is 0 Å². The van der Waals surface area contributed by atoms with Crippen LogP contribution in [0.4, 0.5) is 0 Å². The van der Waals surface area contributed by atoms with E-state index in [9.17, 15) is 13.2 Å². The third-order valence-corrected chi connectivity index (χ3v) is 3.44. The molecule has 0 radical (unpaired) electrons. The van der Waals surface area contributed by atoms with Crippen molar-refractivity contribution in [1.82, 2.24) is 10.6 Å². The highest BCUT2D eigenvalue weighted by atomic mass is 35.5. The number of carbonyl (C=O) groups excluding carboxylic acids is 1. The Bertz CT molecular complexity index is 542. The first kappa shape index (κ1) is 18.9. The van der Waals surface area contributed by atoms with Gasteiger partial charge in [-0.2, -0.15) is 0 Å². The van der Waals surface area contributed by atoms with Gasteiger partial charge in [-0.1, -0.05) is 6.92 Å². The van der Waals surface area contributed by atoms with Crippen LogP contribution in [0.25, 0.3) is 0 Å². The molecule has 0 fully saturated rings. The molecule has 0 atom stereocenters. The van der Waals surface area contributed by atoms with Crippen molar-refractivity contribution in [2.45, 2.75) is 25.2 Å². The van der Waals surface area contributed by atoms with Crippen LogP contribution in [0.15, 0.2) is 15.4 Å². The van der Waals surface area contributed by atoms with Gasteiger partial charge in [-0.25, -0.2) is 13.6 Å². The molecule has 7 nitrogen and oxygen atoms in total. The Labute approximate surface area is 124 Å². The minimum atomic E-state index is -3.86. The number of hydrogen-bond acceptors (Lipinski definition) is 5. The quantitative estimate of drug-likeness (QED) is 0.627. The number of furan rings is 1. The van der Waals surface area contributed by atoms with E-state index < -0.39 is 15.9 Å². The molecule has 0 bridgehead atoms. The summed E-state index contributed by atoms with van der Waals surface area (Å²) in [6.45, 7) is 5.45. The molecule has 116 valence electrons. The lowest BCUT2D eigenvalue weighted by Crippen LogP contribution is -2.31. The molecular formula is C11H20ClN3O4S. The van der Waals surface area contributed by atoms with Gasteiger partial charge in [-0.15, -0.1) is 12.4 Å². The maximum absolute atomic E-state index is 11.7. The van der Waals surface area contributed by atoms with Gasteiger partial charge < -0.3 is 15.1 Å². The molecule has 0 aromatic carbocycles. The Morgan fingerprint density at radius 2 is 2.00 bits per heavy atom. The highest BCUT2D eigenvalue weighted by molar-refractivity contribution is 7.89. The van der Waals surface area contributed by atoms with Crippen LogP contribution in [0, 0.1) is 6.92 Å². The van der Waals surface area contributed by atoms with Crippen molar-refractivity contribution in [2.75, 3.05) is 19.6 Å². The highest BCUT2D eigenvalue weighted by Crippen LogP contribution is 2.18. The van der Waals surface area contributed by atoms with E-state index in [1.54, 1.807) is 0 Å². The Balaban J connectivity index is 0.00000361. The molecule has 0 aliphatic heterocycles. The number of sulfonamides is 1. The van der Waals surface area contributed by atoms with E-state index in [1.807, 2.05) is 6.92 Å². The SMILES string of the molecule is CCCNCCNC(=O)c1cc(S(N)(=O)=O)c(C)o1.Cl. The van der Waals surface area contributed by atoms with Crippen LogP contribution in [-0.2, 0) is 10.0 Å². The number of halogens is 1. The van der Waals surface area contributed by atoms with E-state index in [4.69, 9.17) is 9.56 Å². The molecule has 0 aliphatic rings. The van der Waals surface area contributed by atoms with Gasteiger partial charge >= 0.3 is 0 Å². The summed E-state index contributed by atoms with van der Waals surface area (Å²) in [5.41, 5.74) is 0. The van der Waals surface area contributed by atoms with Crippen LogP contribution in [0.2, 0.25) is 0 Å². The monoisotopic (exact) mass is 325 g/mol. The second kappa shape index (κ2) is 8.25. The zero-order valence-corrected chi connectivity index (χ0v) is 13.1. The zero-order chi connectivity index (χ0) is 14.5. The van der Waals surface area contributed by atoms with Crippen molar-refractivity contribution in [3.8, 4) is 0 Å². The van der Waals surface area contributed by atoms with Gasteiger partial charge in [0, 0.05) is 19.2 Å². The lowest BCUT2D eigenvalue weighted by Gasteiger charge is -2.03. The second-order valence-corrected chi connectivity index (χ2v) is 5.61. The molecule has 0 unspecified atom stereocenters. The Hall–Kier alpha value is -1.09. The lowest BCUT2D eigenvalue weighted by atomic mass is 10.4. The number of nitrogens with two attached hydrogens (primary N) is 1. The first-order valence-corrected chi connectivity index (χ1v) is 7.53. The number of nitrogens with one attached hydrogen (secondary N) is 2. The van der Waals surface area contributed by atoms with Crippen LogP contribution < -0.4 is 15.8 Å². The topological polar surface area (TPSA) is 114 Å². The summed E-state index contributed by atoms with van der Waals surface area (Å²) < 4.78 is 27.5. The minimum Gasteiger partial charge on any atom is -0.455 e. The number of carbonyl (C=O) groups is 1. The summed E-state index contributed by atoms with van der Waals surface area (Å²) in [5, 5.41) is 10.7. The predicted octanol–water partition coefficient (Wildman–Crippen LogP) is 0.387. The van der Waals surface area contributed by atoms with Crippen molar-refractivity contribution in [3.05, 3.63) is 17.6 Å². The summed E-state index contributed by atoms with van der Waals surface area (Å²) in [7, 11) is -3.86. The first-order valence-electron chi connectivity index (χ1n) is 5.98. The van der Waals surface area contributed by atoms with E-state index in [0.717, 1.165) is 19.0 Å². The van der Waals surface area contributed by atoms with Crippen molar-refractivity contribution in [2.24, 2.45) is 5.14 Å². The van der Waals surface area contributed by atoms with Crippen molar-refractivity contribution < 1.29 is 17.6 Å². The Morgan fingerprint density at radius 1 is 1.35 bits per heavy atom. The molecule has 0 saturated carbocycles. The number of hydrogen-bond donors (Lipinski definition) is 3. The van der Waals surface area contributed by atoms with Gasteiger partial charge in [0.15, 0.2) is 5.76 Å². The fourth-order valence-corrected chi connectivity index (χ4v) is 2.23.